The van der Waals surface area contributed by atoms with Crippen molar-refractivity contribution >= 4 is 44.8 Å². The molecule has 0 spiro atoms. The van der Waals surface area contributed by atoms with Gasteiger partial charge in [-0.2, -0.15) is 0 Å². The molecule has 2 N–H and O–H groups in total. The highest BCUT2D eigenvalue weighted by atomic mass is 79.9. The first-order valence-electron chi connectivity index (χ1n) is 18.9. The van der Waals surface area contributed by atoms with Crippen LogP contribution < -0.4 is 25.0 Å². The first-order valence-corrected chi connectivity index (χ1v) is 20.5. The molecule has 56 heavy (non-hydrogen) atoms. The summed E-state index contributed by atoms with van der Waals surface area (Å²) in [5.74, 6) is 1.40. The molecule has 0 amide bonds. The number of rotatable bonds is 13. The fourth-order valence-electron chi connectivity index (χ4n) is 6.48. The van der Waals surface area contributed by atoms with Crippen LogP contribution in [-0.4, -0.2) is 83.7 Å². The molecule has 0 aromatic heterocycles. The van der Waals surface area contributed by atoms with E-state index < -0.39 is 0 Å². The zero-order valence-electron chi connectivity index (χ0n) is 32.2. The Kier molecular flexibility index (Phi) is 18.8. The molecular formula is C45H53BrCl2N4O4. The third-order valence-corrected chi connectivity index (χ3v) is 10.5. The van der Waals surface area contributed by atoms with Crippen molar-refractivity contribution in [2.75, 3.05) is 71.6 Å². The van der Waals surface area contributed by atoms with Crippen molar-refractivity contribution < 1.29 is 18.9 Å². The van der Waals surface area contributed by atoms with E-state index in [1.54, 1.807) is 20.3 Å². The number of halogens is 3. The minimum Gasteiger partial charge on any atom is -0.495 e. The van der Waals surface area contributed by atoms with Gasteiger partial charge >= 0.3 is 0 Å². The van der Waals surface area contributed by atoms with E-state index >= 15 is 0 Å². The molecule has 2 aliphatic rings. The minimum absolute atomic E-state index is 0.286. The van der Waals surface area contributed by atoms with Crippen LogP contribution in [0.2, 0.25) is 10.0 Å². The Labute approximate surface area is 351 Å². The van der Waals surface area contributed by atoms with Gasteiger partial charge in [0.05, 0.1) is 56.7 Å². The van der Waals surface area contributed by atoms with E-state index in [9.17, 15) is 0 Å². The van der Waals surface area contributed by atoms with E-state index in [0.29, 0.717) is 47.4 Å². The average molecular weight is 865 g/mol. The van der Waals surface area contributed by atoms with Crippen LogP contribution in [0.15, 0.2) is 132 Å². The molecule has 0 unspecified atom stereocenters. The summed E-state index contributed by atoms with van der Waals surface area (Å²) in [5.41, 5.74) is 4.93. The first-order chi connectivity index (χ1) is 27.4. The van der Waals surface area contributed by atoms with Gasteiger partial charge < -0.3 is 34.5 Å². The summed E-state index contributed by atoms with van der Waals surface area (Å²) in [5, 5.41) is 8.26. The van der Waals surface area contributed by atoms with Crippen LogP contribution in [0.25, 0.3) is 0 Å². The number of nitrogens with one attached hydrogen (secondary N) is 2. The largest absolute Gasteiger partial charge is 0.495 e. The van der Waals surface area contributed by atoms with Crippen molar-refractivity contribution in [2.24, 2.45) is 0 Å². The Balaban J connectivity index is 0.000000174. The zero-order valence-corrected chi connectivity index (χ0v) is 35.3. The Bertz CT molecular complexity index is 1840. The number of nitrogens with zero attached hydrogens (tertiary/aromatic N) is 2. The molecule has 0 bridgehead atoms. The van der Waals surface area contributed by atoms with Gasteiger partial charge in [0.15, 0.2) is 0 Å². The Morgan fingerprint density at radius 3 is 1.84 bits per heavy atom. The van der Waals surface area contributed by atoms with Gasteiger partial charge in [0, 0.05) is 68.1 Å². The lowest BCUT2D eigenvalue weighted by Crippen LogP contribution is -2.53. The number of piperazine rings is 2. The maximum absolute atomic E-state index is 6.14. The number of ether oxygens (including phenoxy) is 4. The second-order valence-corrected chi connectivity index (χ2v) is 15.3. The second-order valence-electron chi connectivity index (χ2n) is 13.5. The Morgan fingerprint density at radius 1 is 0.661 bits per heavy atom. The molecule has 5 aromatic carbocycles. The van der Waals surface area contributed by atoms with E-state index in [1.165, 1.54) is 16.7 Å². The molecular weight excluding hydrogens is 811 g/mol. The Hall–Kier alpha value is -3.64. The Morgan fingerprint density at radius 2 is 1.23 bits per heavy atom. The number of anilines is 1. The molecule has 5 aromatic rings. The van der Waals surface area contributed by atoms with E-state index in [4.69, 9.17) is 42.1 Å². The molecule has 11 heteroatoms. The zero-order chi connectivity index (χ0) is 39.4. The normalized spacial score (nSPS) is 16.8. The van der Waals surface area contributed by atoms with Crippen LogP contribution >= 0.6 is 39.1 Å². The van der Waals surface area contributed by atoms with Gasteiger partial charge in [-0.25, -0.2) is 0 Å². The second kappa shape index (κ2) is 24.2. The standard InChI is InChI=1S/C19H23ClN2O2.C19H24N2O.C7H6BrClO/c1-23-19-11-16(7-8-18(19)20)22-10-9-21-12-17(22)14-24-13-15-5-3-2-4-6-15;1-3-7-17(8-4-1)13-21-12-11-20-19(14-21)16-22-15-18-9-5-2-6-10-18;1-10-7-4-5(8)2-3-6(7)9/h2-8,11,17,21H,9-10,12-14H2,1H3;1-10,19-20H,11-16H2;2-4H,1H3/t17-;19-;/m11./s1. The summed E-state index contributed by atoms with van der Waals surface area (Å²) >= 11 is 15.2. The number of benzene rings is 5. The topological polar surface area (TPSA) is 67.5 Å². The lowest BCUT2D eigenvalue weighted by Gasteiger charge is -2.38. The third-order valence-electron chi connectivity index (χ3n) is 9.37. The molecule has 8 nitrogen and oxygen atoms in total. The lowest BCUT2D eigenvalue weighted by molar-refractivity contribution is 0.0702. The maximum Gasteiger partial charge on any atom is 0.139 e. The fraction of sp³-hybridized carbons (Fsp3) is 0.333. The molecule has 2 atom stereocenters. The van der Waals surface area contributed by atoms with Crippen molar-refractivity contribution in [3.63, 3.8) is 0 Å². The molecule has 2 aliphatic heterocycles. The van der Waals surface area contributed by atoms with Gasteiger partial charge in [-0.15, -0.1) is 0 Å². The van der Waals surface area contributed by atoms with Crippen molar-refractivity contribution in [3.8, 4) is 11.5 Å². The molecule has 0 saturated carbocycles. The van der Waals surface area contributed by atoms with Crippen molar-refractivity contribution in [2.45, 2.75) is 31.8 Å². The molecule has 2 heterocycles. The SMILES string of the molecule is COc1cc(Br)ccc1Cl.COc1cc(N2CCNC[C@@H]2COCc2ccccc2)ccc1Cl.c1ccc(COC[C@H]2CN(Cc3ccccc3)CCN2)cc1. The van der Waals surface area contributed by atoms with Gasteiger partial charge in [-0.3, -0.25) is 4.90 Å². The number of hydrogen-bond donors (Lipinski definition) is 2. The fourth-order valence-corrected chi connectivity index (χ4v) is 7.21. The molecule has 2 saturated heterocycles. The van der Waals surface area contributed by atoms with Gasteiger partial charge in [0.25, 0.3) is 0 Å². The predicted octanol–water partition coefficient (Wildman–Crippen LogP) is 9.13. The number of hydrogen-bond acceptors (Lipinski definition) is 8. The molecule has 7 rings (SSSR count). The summed E-state index contributed by atoms with van der Waals surface area (Å²) in [6, 6.07) is 43.4. The minimum atomic E-state index is 0.286. The summed E-state index contributed by atoms with van der Waals surface area (Å²) in [6.45, 7) is 9.77. The van der Waals surface area contributed by atoms with Crippen LogP contribution in [0.4, 0.5) is 5.69 Å². The van der Waals surface area contributed by atoms with Gasteiger partial charge in [0.1, 0.15) is 11.5 Å². The number of methoxy groups -OCH3 is 2. The smallest absolute Gasteiger partial charge is 0.139 e. The molecule has 0 radical (unpaired) electrons. The van der Waals surface area contributed by atoms with Gasteiger partial charge in [-0.1, -0.05) is 130 Å². The molecule has 0 aliphatic carbocycles. The van der Waals surface area contributed by atoms with E-state index in [-0.39, 0.29) is 6.04 Å². The van der Waals surface area contributed by atoms with Crippen LogP contribution in [0.5, 0.6) is 11.5 Å². The van der Waals surface area contributed by atoms with Crippen LogP contribution in [0.1, 0.15) is 16.7 Å². The summed E-state index contributed by atoms with van der Waals surface area (Å²) in [4.78, 5) is 4.86. The third kappa shape index (κ3) is 14.7. The van der Waals surface area contributed by atoms with Crippen LogP contribution in [0.3, 0.4) is 0 Å². The van der Waals surface area contributed by atoms with Crippen LogP contribution in [-0.2, 0) is 29.2 Å². The monoisotopic (exact) mass is 862 g/mol. The van der Waals surface area contributed by atoms with E-state index in [0.717, 1.165) is 62.6 Å². The van der Waals surface area contributed by atoms with Crippen molar-refractivity contribution in [1.29, 1.82) is 0 Å². The predicted molar refractivity (Wildman–Crippen MR) is 233 cm³/mol. The highest BCUT2D eigenvalue weighted by Gasteiger charge is 2.24. The lowest BCUT2D eigenvalue weighted by atomic mass is 10.1. The maximum atomic E-state index is 6.14. The van der Waals surface area contributed by atoms with E-state index in [1.807, 2.05) is 54.6 Å². The van der Waals surface area contributed by atoms with Gasteiger partial charge in [-0.05, 0) is 47.0 Å². The highest BCUT2D eigenvalue weighted by Crippen LogP contribution is 2.31. The van der Waals surface area contributed by atoms with Crippen LogP contribution in [0, 0.1) is 0 Å². The quantitative estimate of drug-likeness (QED) is 0.122. The van der Waals surface area contributed by atoms with Gasteiger partial charge in [0.2, 0.25) is 0 Å². The van der Waals surface area contributed by atoms with Crippen molar-refractivity contribution in [3.05, 3.63) is 159 Å². The van der Waals surface area contributed by atoms with Crippen molar-refractivity contribution in [1.82, 2.24) is 15.5 Å². The summed E-state index contributed by atoms with van der Waals surface area (Å²) in [7, 11) is 3.23. The van der Waals surface area contributed by atoms with E-state index in [2.05, 4.69) is 103 Å². The highest BCUT2D eigenvalue weighted by molar-refractivity contribution is 9.10. The average Bonchev–Trinajstić information content (AvgIpc) is 3.24. The first kappa shape index (κ1) is 43.5. The molecule has 298 valence electrons. The summed E-state index contributed by atoms with van der Waals surface area (Å²) in [6.07, 6.45) is 0. The molecule has 2 fully saturated rings. The summed E-state index contributed by atoms with van der Waals surface area (Å²) < 4.78 is 23.1.